The first-order valence-corrected chi connectivity index (χ1v) is 19.1. The molecule has 1 aromatic heterocycles. The Bertz CT molecular complexity index is 1550. The van der Waals surface area contributed by atoms with Gasteiger partial charge in [-0.05, 0) is 68.2 Å². The maximum atomic E-state index is 13.9. The van der Waals surface area contributed by atoms with Crippen LogP contribution >= 0.6 is 11.6 Å². The monoisotopic (exact) mass is 652 g/mol. The van der Waals surface area contributed by atoms with Gasteiger partial charge in [-0.25, -0.2) is 0 Å². The summed E-state index contributed by atoms with van der Waals surface area (Å²) in [6.07, 6.45) is 0.379. The van der Waals surface area contributed by atoms with Crippen LogP contribution < -0.4 is 0 Å². The van der Waals surface area contributed by atoms with E-state index in [4.69, 9.17) is 16.0 Å². The zero-order valence-corrected chi connectivity index (χ0v) is 30.2. The molecular weight excluding hydrogens is 604 g/mol. The highest BCUT2D eigenvalue weighted by atomic mass is 35.5. The third-order valence-electron chi connectivity index (χ3n) is 9.37. The Hall–Kier alpha value is -3.14. The van der Waals surface area contributed by atoms with Crippen molar-refractivity contribution in [3.05, 3.63) is 70.9 Å². The number of carbonyl (C=O) groups is 3. The molecule has 8 nitrogen and oxygen atoms in total. The molecule has 1 aliphatic rings. The number of nitrogens with one attached hydrogen (secondary N) is 1. The van der Waals surface area contributed by atoms with Crippen LogP contribution in [0, 0.1) is 0 Å². The zero-order valence-electron chi connectivity index (χ0n) is 28.5. The summed E-state index contributed by atoms with van der Waals surface area (Å²) in [5, 5.41) is 1.11. The van der Waals surface area contributed by atoms with E-state index in [2.05, 4.69) is 38.8 Å². The normalized spacial score (nSPS) is 17.3. The number of hydrogen-bond acceptors (Lipinski definition) is 4. The van der Waals surface area contributed by atoms with E-state index in [0.29, 0.717) is 25.1 Å². The van der Waals surface area contributed by atoms with Crippen molar-refractivity contribution in [1.29, 1.82) is 0 Å². The van der Waals surface area contributed by atoms with E-state index >= 15 is 0 Å². The van der Waals surface area contributed by atoms with Crippen LogP contribution in [0.1, 0.15) is 74.8 Å². The van der Waals surface area contributed by atoms with Crippen LogP contribution in [-0.4, -0.2) is 90.4 Å². The number of aromatic amines is 1. The molecule has 1 N–H and O–H groups in total. The molecule has 0 radical (unpaired) electrons. The van der Waals surface area contributed by atoms with Crippen molar-refractivity contribution in [2.24, 2.45) is 0 Å². The van der Waals surface area contributed by atoms with E-state index in [1.807, 2.05) is 74.2 Å². The molecule has 0 bridgehead atoms. The quantitative estimate of drug-likeness (QED) is 0.220. The molecule has 244 valence electrons. The number of hydrogen-bond donors (Lipinski definition) is 1. The zero-order chi connectivity index (χ0) is 33.5. The van der Waals surface area contributed by atoms with E-state index in [1.54, 1.807) is 19.0 Å². The third kappa shape index (κ3) is 7.00. The van der Waals surface area contributed by atoms with E-state index in [-0.39, 0.29) is 28.6 Å². The topological polar surface area (TPSA) is 85.9 Å². The molecule has 2 heterocycles. The van der Waals surface area contributed by atoms with Crippen molar-refractivity contribution < 1.29 is 18.8 Å². The lowest BCUT2D eigenvalue weighted by Crippen LogP contribution is -2.54. The SMILES string of the molecule is CN(C)C(=O)[C@H]1Cc2c([nH]c3ccccc23)[C@H](c2ccc(C(=O)N(CCO[Si](C)(C)C(C)(C)C)C(C)(C)C)cc2)N1C(=O)CCl. The average Bonchev–Trinajstić information content (AvgIpc) is 3.34. The molecule has 0 unspecified atom stereocenters. The van der Waals surface area contributed by atoms with E-state index in [0.717, 1.165) is 27.7 Å². The molecule has 2 aromatic carbocycles. The van der Waals surface area contributed by atoms with E-state index < -0.39 is 25.9 Å². The summed E-state index contributed by atoms with van der Waals surface area (Å²) in [5.41, 5.74) is 3.72. The van der Waals surface area contributed by atoms with Crippen LogP contribution in [0.15, 0.2) is 48.5 Å². The van der Waals surface area contributed by atoms with Crippen LogP contribution in [0.5, 0.6) is 0 Å². The number of rotatable bonds is 8. The second-order valence-corrected chi connectivity index (χ2v) is 19.8. The van der Waals surface area contributed by atoms with Crippen molar-refractivity contribution in [3.63, 3.8) is 0 Å². The van der Waals surface area contributed by atoms with Gasteiger partial charge in [0.1, 0.15) is 11.9 Å². The lowest BCUT2D eigenvalue weighted by atomic mass is 9.87. The minimum absolute atomic E-state index is 0.0816. The Morgan fingerprint density at radius 3 is 2.18 bits per heavy atom. The standard InChI is InChI=1S/C35H49ClN4O4Si/c1-34(2,3)39(19-20-44-45(9,10)35(4,5)6)32(42)24-17-15-23(16-18-24)31-30-26(25-13-11-12-14-27(25)37-30)21-28(33(43)38(7)8)40(31)29(41)22-36/h11-18,28,31,37H,19-22H2,1-10H3/t28-,31+/m1/s1. The second-order valence-electron chi connectivity index (χ2n) is 14.7. The number of para-hydroxylation sites is 1. The molecular formula is C35H49ClN4O4Si. The fourth-order valence-electron chi connectivity index (χ4n) is 5.82. The number of likely N-dealkylation sites (N-methyl/N-ethyl adjacent to an activating group) is 1. The predicted molar refractivity (Wildman–Crippen MR) is 184 cm³/mol. The highest BCUT2D eigenvalue weighted by Crippen LogP contribution is 2.42. The minimum Gasteiger partial charge on any atom is -0.415 e. The maximum absolute atomic E-state index is 13.9. The first-order valence-electron chi connectivity index (χ1n) is 15.6. The summed E-state index contributed by atoms with van der Waals surface area (Å²) >= 11 is 6.15. The van der Waals surface area contributed by atoms with Gasteiger partial charge in [0.05, 0.1) is 12.6 Å². The first-order chi connectivity index (χ1) is 20.9. The molecule has 0 aliphatic carbocycles. The summed E-state index contributed by atoms with van der Waals surface area (Å²) in [7, 11) is 1.43. The summed E-state index contributed by atoms with van der Waals surface area (Å²) < 4.78 is 6.42. The number of H-pyrrole nitrogens is 1. The molecule has 0 saturated heterocycles. The van der Waals surface area contributed by atoms with Gasteiger partial charge in [-0.1, -0.05) is 51.1 Å². The first kappa shape index (κ1) is 34.7. The van der Waals surface area contributed by atoms with Gasteiger partial charge in [0.2, 0.25) is 11.8 Å². The molecule has 3 amide bonds. The third-order valence-corrected chi connectivity index (χ3v) is 14.1. The van der Waals surface area contributed by atoms with Crippen molar-refractivity contribution in [2.75, 3.05) is 33.1 Å². The summed E-state index contributed by atoms with van der Waals surface area (Å²) in [5.74, 6) is -0.830. The van der Waals surface area contributed by atoms with Gasteiger partial charge in [-0.3, -0.25) is 14.4 Å². The fourth-order valence-corrected chi connectivity index (χ4v) is 6.99. The summed E-state index contributed by atoms with van der Waals surface area (Å²) in [6, 6.07) is 14.1. The van der Waals surface area contributed by atoms with Gasteiger partial charge < -0.3 is 24.1 Å². The maximum Gasteiger partial charge on any atom is 0.254 e. The predicted octanol–water partition coefficient (Wildman–Crippen LogP) is 6.60. The van der Waals surface area contributed by atoms with E-state index in [1.165, 1.54) is 4.90 Å². The van der Waals surface area contributed by atoms with Crippen LogP contribution in [0.2, 0.25) is 18.1 Å². The second kappa shape index (κ2) is 12.9. The largest absolute Gasteiger partial charge is 0.415 e. The molecule has 10 heteroatoms. The van der Waals surface area contributed by atoms with Crippen LogP contribution in [0.3, 0.4) is 0 Å². The van der Waals surface area contributed by atoms with Crippen LogP contribution in [-0.2, 0) is 20.4 Å². The van der Waals surface area contributed by atoms with Gasteiger partial charge in [0.15, 0.2) is 8.32 Å². The average molecular weight is 653 g/mol. The number of amides is 3. The Kier molecular flexibility index (Phi) is 9.98. The Morgan fingerprint density at radius 1 is 1.00 bits per heavy atom. The smallest absolute Gasteiger partial charge is 0.254 e. The molecule has 0 fully saturated rings. The van der Waals surface area contributed by atoms with Gasteiger partial charge in [-0.2, -0.15) is 0 Å². The number of nitrogens with zero attached hydrogens (tertiary/aromatic N) is 3. The number of aromatic nitrogens is 1. The molecule has 0 saturated carbocycles. The number of halogens is 1. The Labute approximate surface area is 274 Å². The fraction of sp³-hybridized carbons (Fsp3) is 0.514. The molecule has 4 rings (SSSR count). The van der Waals surface area contributed by atoms with Crippen molar-refractivity contribution in [1.82, 2.24) is 19.7 Å². The molecule has 0 spiro atoms. The lowest BCUT2D eigenvalue weighted by Gasteiger charge is -2.42. The van der Waals surface area contributed by atoms with Crippen molar-refractivity contribution >= 4 is 48.5 Å². The number of alkyl halides is 1. The van der Waals surface area contributed by atoms with E-state index in [9.17, 15) is 14.4 Å². The Morgan fingerprint density at radius 2 is 1.62 bits per heavy atom. The van der Waals surface area contributed by atoms with Gasteiger partial charge >= 0.3 is 0 Å². The molecule has 3 aromatic rings. The van der Waals surface area contributed by atoms with Crippen LogP contribution in [0.25, 0.3) is 10.9 Å². The van der Waals surface area contributed by atoms with Crippen molar-refractivity contribution in [3.8, 4) is 0 Å². The molecule has 1 aliphatic heterocycles. The van der Waals surface area contributed by atoms with Gasteiger partial charge in [-0.15, -0.1) is 11.6 Å². The summed E-state index contributed by atoms with van der Waals surface area (Å²) in [4.78, 5) is 49.4. The Balaban J connectivity index is 1.71. The van der Waals surface area contributed by atoms with Gasteiger partial charge in [0.25, 0.3) is 5.91 Å². The van der Waals surface area contributed by atoms with Crippen molar-refractivity contribution in [2.45, 2.75) is 83.7 Å². The number of fused-ring (bicyclic) bond motifs is 3. The van der Waals surface area contributed by atoms with Crippen LogP contribution in [0.4, 0.5) is 0 Å². The number of benzene rings is 2. The lowest BCUT2D eigenvalue weighted by molar-refractivity contribution is -0.145. The molecule has 45 heavy (non-hydrogen) atoms. The van der Waals surface area contributed by atoms with Gasteiger partial charge in [0, 0.05) is 54.8 Å². The molecule has 2 atom stereocenters. The highest BCUT2D eigenvalue weighted by Gasteiger charge is 2.44. The minimum atomic E-state index is -1.96. The highest BCUT2D eigenvalue weighted by molar-refractivity contribution is 6.74. The number of carbonyl (C=O) groups excluding carboxylic acids is 3. The summed E-state index contributed by atoms with van der Waals surface area (Å²) in [6.45, 7) is 18.1.